The van der Waals surface area contributed by atoms with Crippen LogP contribution in [0.3, 0.4) is 0 Å². The molecule has 0 aromatic rings. The molecule has 27 valence electrons. The molecule has 0 spiro atoms. The minimum atomic E-state index is 1.34. The van der Waals surface area contributed by atoms with Gasteiger partial charge in [0.15, 0.2) is 0 Å². The molecule has 1 aliphatic rings. The molecule has 0 fully saturated rings. The third-order valence-corrected chi connectivity index (χ3v) is 0.829. The van der Waals surface area contributed by atoms with Gasteiger partial charge in [0.1, 0.15) is 0 Å². The molecule has 1 aliphatic heterocycles. The molecule has 0 bridgehead atoms. The van der Waals surface area contributed by atoms with Crippen molar-refractivity contribution < 1.29 is 0 Å². The molecular weight excluding hydrogens is 69.7 g/mol. The average Bonchev–Trinajstić information content (AvgIpc) is 1.86. The molecule has 0 saturated carbocycles. The average molecular weight is 74.7 g/mol. The molecule has 0 aliphatic carbocycles. The Morgan fingerprint density at radius 1 is 1.67 bits per heavy atom. The van der Waals surface area contributed by atoms with E-state index in [1.807, 2.05) is 12.8 Å². The van der Waals surface area contributed by atoms with Crippen LogP contribution in [0, 0.1) is 0 Å². The molecule has 0 nitrogen and oxygen atoms in total. The molecule has 6 heavy (non-hydrogen) atoms. The van der Waals surface area contributed by atoms with Gasteiger partial charge in [-0.05, 0) is 0 Å². The van der Waals surface area contributed by atoms with E-state index in [0.717, 1.165) is 0 Å². The monoisotopic (exact) mass is 75.1 g/mol. The summed E-state index contributed by atoms with van der Waals surface area (Å²) in [6.45, 7) is 4.12. The number of rotatable bonds is 0. The van der Waals surface area contributed by atoms with Crippen LogP contribution in [0.5, 0.6) is 0 Å². The van der Waals surface area contributed by atoms with Gasteiger partial charge in [0.25, 0.3) is 0 Å². The van der Waals surface area contributed by atoms with Crippen LogP contribution in [-0.4, -0.2) is 20.1 Å². The molecule has 1 radical (unpaired) electrons. The van der Waals surface area contributed by atoms with Crippen molar-refractivity contribution in [2.75, 3.05) is 0 Å². The topological polar surface area (TPSA) is 0 Å². The molecule has 0 N–H and O–H groups in total. The zero-order valence-electron chi connectivity index (χ0n) is 3.81. The summed E-state index contributed by atoms with van der Waals surface area (Å²) in [4.78, 5) is 0. The molecule has 1 heterocycles. The number of hydrogen-bond donors (Lipinski definition) is 0. The molecular formula is C4H5B2. The van der Waals surface area contributed by atoms with Crippen molar-refractivity contribution in [2.45, 2.75) is 6.92 Å². The fourth-order valence-corrected chi connectivity index (χ4v) is 0.470. The Morgan fingerprint density at radius 2 is 2.50 bits per heavy atom. The minimum absolute atomic E-state index is 1.34. The molecule has 1 rings (SSSR count). The fourth-order valence-electron chi connectivity index (χ4n) is 0.470. The Balaban J connectivity index is 2.61. The normalized spacial score (nSPS) is 15.8. The first kappa shape index (κ1) is 3.91. The number of hydrogen-bond acceptors (Lipinski definition) is 0. The Kier molecular flexibility index (Phi) is 0.952. The van der Waals surface area contributed by atoms with Crippen LogP contribution in [0.1, 0.15) is 6.92 Å². The Hall–Kier alpha value is -0.260. The predicted molar refractivity (Wildman–Crippen MR) is 31.3 cm³/mol. The van der Waals surface area contributed by atoms with Gasteiger partial charge in [-0.25, -0.2) is 0 Å². The van der Waals surface area contributed by atoms with Gasteiger partial charge in [-0.3, -0.25) is 0 Å². The van der Waals surface area contributed by atoms with Crippen LogP contribution in [0.25, 0.3) is 0 Å². The standard InChI is InChI=1S/C4H5B2/c1-4-2-5-3-6-4/h2-3H,1H3. The van der Waals surface area contributed by atoms with Crippen molar-refractivity contribution in [1.29, 1.82) is 0 Å². The fraction of sp³-hybridized carbons (Fsp3) is 0.250. The summed E-state index contributed by atoms with van der Waals surface area (Å²) in [6.07, 6.45) is 0. The summed E-state index contributed by atoms with van der Waals surface area (Å²) in [7, 11) is 2.08. The van der Waals surface area contributed by atoms with Gasteiger partial charge in [-0.15, -0.1) is 0 Å². The predicted octanol–water partition coefficient (Wildman–Crippen LogP) is 0.0294. The Morgan fingerprint density at radius 3 is 2.67 bits per heavy atom. The number of allylic oxidation sites excluding steroid dienone is 1. The second-order valence-corrected chi connectivity index (χ2v) is 1.46. The van der Waals surface area contributed by atoms with E-state index < -0.39 is 0 Å². The van der Waals surface area contributed by atoms with E-state index in [-0.39, 0.29) is 0 Å². The van der Waals surface area contributed by atoms with Gasteiger partial charge in [0.2, 0.25) is 0 Å². The van der Waals surface area contributed by atoms with E-state index in [1.54, 1.807) is 0 Å². The van der Waals surface area contributed by atoms with E-state index in [4.69, 9.17) is 0 Å². The summed E-state index contributed by atoms with van der Waals surface area (Å²) in [5.41, 5.74) is 1.34. The summed E-state index contributed by atoms with van der Waals surface area (Å²) < 4.78 is 0. The van der Waals surface area contributed by atoms with Gasteiger partial charge in [0, 0.05) is 0 Å². The van der Waals surface area contributed by atoms with E-state index in [1.165, 1.54) is 5.47 Å². The van der Waals surface area contributed by atoms with Crippen molar-refractivity contribution in [3.63, 3.8) is 0 Å². The van der Waals surface area contributed by atoms with Gasteiger partial charge in [0.05, 0.1) is 0 Å². The SMILES string of the molecule is CC1=CB=C[B]1. The van der Waals surface area contributed by atoms with Crippen LogP contribution in [0.2, 0.25) is 0 Å². The Bertz CT molecular complexity index is 102. The van der Waals surface area contributed by atoms with E-state index in [2.05, 4.69) is 20.2 Å². The van der Waals surface area contributed by atoms with E-state index in [9.17, 15) is 0 Å². The zero-order chi connectivity index (χ0) is 4.41. The van der Waals surface area contributed by atoms with Crippen LogP contribution >= 0.6 is 0 Å². The van der Waals surface area contributed by atoms with Crippen LogP contribution in [0.4, 0.5) is 0 Å². The first-order chi connectivity index (χ1) is 2.89. The van der Waals surface area contributed by atoms with Gasteiger partial charge in [-0.1, -0.05) is 0 Å². The van der Waals surface area contributed by atoms with Crippen molar-refractivity contribution >= 4 is 20.1 Å². The summed E-state index contributed by atoms with van der Waals surface area (Å²) in [5, 5.41) is 0. The first-order valence-corrected chi connectivity index (χ1v) is 2.08. The van der Waals surface area contributed by atoms with Crippen LogP contribution < -0.4 is 0 Å². The molecule has 0 atom stereocenters. The van der Waals surface area contributed by atoms with E-state index in [0.29, 0.717) is 0 Å². The van der Waals surface area contributed by atoms with Gasteiger partial charge in [-0.2, -0.15) is 0 Å². The molecule has 2 heteroatoms. The second kappa shape index (κ2) is 1.46. The van der Waals surface area contributed by atoms with Crippen LogP contribution in [-0.2, 0) is 0 Å². The van der Waals surface area contributed by atoms with Crippen molar-refractivity contribution in [3.8, 4) is 0 Å². The summed E-state index contributed by atoms with van der Waals surface area (Å²) >= 11 is 0. The molecule has 0 saturated heterocycles. The van der Waals surface area contributed by atoms with Gasteiger partial charge >= 0.3 is 38.4 Å². The zero-order valence-corrected chi connectivity index (χ0v) is 3.81. The van der Waals surface area contributed by atoms with Crippen molar-refractivity contribution in [2.24, 2.45) is 0 Å². The Labute approximate surface area is 39.4 Å². The van der Waals surface area contributed by atoms with Crippen LogP contribution in [0.15, 0.2) is 11.4 Å². The molecule has 0 aromatic heterocycles. The maximum absolute atomic E-state index is 2.08. The summed E-state index contributed by atoms with van der Waals surface area (Å²) in [6, 6.07) is 0. The van der Waals surface area contributed by atoms with Gasteiger partial charge < -0.3 is 0 Å². The third kappa shape index (κ3) is 0.618. The second-order valence-electron chi connectivity index (χ2n) is 1.46. The molecule has 0 amide bonds. The maximum atomic E-state index is 2.08. The van der Waals surface area contributed by atoms with Crippen molar-refractivity contribution in [3.05, 3.63) is 11.4 Å². The molecule has 0 aromatic carbocycles. The van der Waals surface area contributed by atoms with Crippen molar-refractivity contribution in [1.82, 2.24) is 0 Å². The third-order valence-electron chi connectivity index (χ3n) is 0.829. The quantitative estimate of drug-likeness (QED) is 0.356. The first-order valence-electron chi connectivity index (χ1n) is 2.08. The van der Waals surface area contributed by atoms with E-state index >= 15 is 0 Å². The molecule has 0 unspecified atom stereocenters. The summed E-state index contributed by atoms with van der Waals surface area (Å²) in [5.74, 6) is 4.12.